The first-order chi connectivity index (χ1) is 7.08. The van der Waals surface area contributed by atoms with Crippen molar-refractivity contribution in [1.82, 2.24) is 19.5 Å². The second-order valence-corrected chi connectivity index (χ2v) is 2.91. The molecule has 0 unspecified atom stereocenters. The largest absolute Gasteiger partial charge is 0.480 e. The lowest BCUT2D eigenvalue weighted by Gasteiger charge is -2.00. The molecule has 8 nitrogen and oxygen atoms in total. The number of rotatable bonds is 2. The molecule has 0 aliphatic rings. The summed E-state index contributed by atoms with van der Waals surface area (Å²) in [5.41, 5.74) is 11.6. The van der Waals surface area contributed by atoms with Gasteiger partial charge in [0.25, 0.3) is 0 Å². The van der Waals surface area contributed by atoms with Crippen molar-refractivity contribution in [3.63, 3.8) is 0 Å². The molecular formula is C7H8N6O2. The second-order valence-electron chi connectivity index (χ2n) is 2.91. The number of aliphatic carboxylic acids is 1. The first-order valence-corrected chi connectivity index (χ1v) is 4.03. The second kappa shape index (κ2) is 3.08. The molecule has 2 heterocycles. The Morgan fingerprint density at radius 2 is 2.20 bits per heavy atom. The number of aromatic nitrogens is 4. The minimum Gasteiger partial charge on any atom is -0.480 e. The average Bonchev–Trinajstić information content (AvgIpc) is 2.48. The van der Waals surface area contributed by atoms with Crippen molar-refractivity contribution in [3.05, 3.63) is 6.33 Å². The van der Waals surface area contributed by atoms with Crippen LogP contribution in [0.1, 0.15) is 0 Å². The molecule has 2 aromatic rings. The van der Waals surface area contributed by atoms with Crippen LogP contribution in [0.2, 0.25) is 0 Å². The minimum absolute atomic E-state index is 0.00728. The molecule has 0 aliphatic heterocycles. The van der Waals surface area contributed by atoms with Crippen molar-refractivity contribution in [2.45, 2.75) is 6.54 Å². The highest BCUT2D eigenvalue weighted by Crippen LogP contribution is 2.16. The standard InChI is InChI=1S/C7H8N6O2/c8-5-4-6(12-7(9)11-5)13(2-10-4)1-3(14)15/h2H,1H2,(H,14,15)(H4,8,9,11,12). The van der Waals surface area contributed by atoms with Gasteiger partial charge >= 0.3 is 5.97 Å². The van der Waals surface area contributed by atoms with E-state index < -0.39 is 5.97 Å². The van der Waals surface area contributed by atoms with Gasteiger partial charge < -0.3 is 21.1 Å². The lowest BCUT2D eigenvalue weighted by Crippen LogP contribution is -2.09. The van der Waals surface area contributed by atoms with Crippen LogP contribution in [0.15, 0.2) is 6.33 Å². The lowest BCUT2D eigenvalue weighted by molar-refractivity contribution is -0.137. The molecule has 8 heteroatoms. The Morgan fingerprint density at radius 1 is 1.47 bits per heavy atom. The zero-order chi connectivity index (χ0) is 11.0. The molecule has 0 saturated carbocycles. The molecule has 78 valence electrons. The van der Waals surface area contributed by atoms with Gasteiger partial charge in [-0.05, 0) is 0 Å². The van der Waals surface area contributed by atoms with Crippen LogP contribution in [0.3, 0.4) is 0 Å². The number of carboxylic acid groups (broad SMARTS) is 1. The summed E-state index contributed by atoms with van der Waals surface area (Å²) in [7, 11) is 0. The molecule has 0 atom stereocenters. The van der Waals surface area contributed by atoms with Crippen molar-refractivity contribution in [1.29, 1.82) is 0 Å². The molecule has 5 N–H and O–H groups in total. The summed E-state index contributed by atoms with van der Waals surface area (Å²) in [6.45, 7) is -0.244. The third-order valence-electron chi connectivity index (χ3n) is 1.81. The number of nitrogen functional groups attached to an aromatic ring is 2. The molecule has 15 heavy (non-hydrogen) atoms. The topological polar surface area (TPSA) is 133 Å². The van der Waals surface area contributed by atoms with E-state index in [1.54, 1.807) is 0 Å². The van der Waals surface area contributed by atoms with Gasteiger partial charge in [0, 0.05) is 0 Å². The molecule has 0 fully saturated rings. The van der Waals surface area contributed by atoms with E-state index in [-0.39, 0.29) is 18.3 Å². The number of nitrogens with zero attached hydrogens (tertiary/aromatic N) is 4. The SMILES string of the molecule is Nc1nc(N)c2ncn(CC(=O)O)c2n1. The molecule has 0 bridgehead atoms. The van der Waals surface area contributed by atoms with Gasteiger partial charge in [0.2, 0.25) is 5.95 Å². The van der Waals surface area contributed by atoms with Crippen LogP contribution < -0.4 is 11.5 Å². The normalized spacial score (nSPS) is 10.7. The molecule has 0 amide bonds. The molecule has 2 aromatic heterocycles. The molecule has 0 spiro atoms. The number of fused-ring (bicyclic) bond motifs is 1. The highest BCUT2D eigenvalue weighted by Gasteiger charge is 2.11. The average molecular weight is 208 g/mol. The summed E-state index contributed by atoms with van der Waals surface area (Å²) in [5.74, 6) is -0.862. The van der Waals surface area contributed by atoms with Crippen molar-refractivity contribution < 1.29 is 9.90 Å². The van der Waals surface area contributed by atoms with Crippen LogP contribution >= 0.6 is 0 Å². The van der Waals surface area contributed by atoms with Crippen molar-refractivity contribution in [2.24, 2.45) is 0 Å². The maximum Gasteiger partial charge on any atom is 0.323 e. The maximum absolute atomic E-state index is 10.5. The zero-order valence-corrected chi connectivity index (χ0v) is 7.58. The fourth-order valence-corrected chi connectivity index (χ4v) is 1.25. The van der Waals surface area contributed by atoms with Crippen molar-refractivity contribution in [3.8, 4) is 0 Å². The minimum atomic E-state index is -0.995. The van der Waals surface area contributed by atoms with Crippen LogP contribution in [-0.2, 0) is 11.3 Å². The van der Waals surface area contributed by atoms with Gasteiger partial charge in [-0.3, -0.25) is 4.79 Å². The van der Waals surface area contributed by atoms with Crippen LogP contribution in [0.4, 0.5) is 11.8 Å². The van der Waals surface area contributed by atoms with Crippen LogP contribution in [-0.4, -0.2) is 30.6 Å². The van der Waals surface area contributed by atoms with E-state index in [0.29, 0.717) is 11.2 Å². The number of hydrogen-bond acceptors (Lipinski definition) is 6. The smallest absolute Gasteiger partial charge is 0.323 e. The van der Waals surface area contributed by atoms with Gasteiger partial charge in [-0.1, -0.05) is 0 Å². The van der Waals surface area contributed by atoms with Crippen LogP contribution in [0.25, 0.3) is 11.2 Å². The molecule has 0 aromatic carbocycles. The Kier molecular flexibility index (Phi) is 1.89. The van der Waals surface area contributed by atoms with E-state index in [1.807, 2.05) is 0 Å². The molecule has 2 rings (SSSR count). The first kappa shape index (κ1) is 9.19. The fraction of sp³-hybridized carbons (Fsp3) is 0.143. The number of hydrogen-bond donors (Lipinski definition) is 3. The molecule has 0 saturated heterocycles. The first-order valence-electron chi connectivity index (χ1n) is 4.03. The lowest BCUT2D eigenvalue weighted by atomic mass is 10.5. The van der Waals surface area contributed by atoms with E-state index in [2.05, 4.69) is 15.0 Å². The van der Waals surface area contributed by atoms with Crippen molar-refractivity contribution in [2.75, 3.05) is 11.5 Å². The quantitative estimate of drug-likeness (QED) is 0.580. The predicted molar refractivity (Wildman–Crippen MR) is 51.8 cm³/mol. The Labute approximate surface area is 83.6 Å². The van der Waals surface area contributed by atoms with Gasteiger partial charge in [-0.15, -0.1) is 0 Å². The van der Waals surface area contributed by atoms with Gasteiger partial charge in [0.1, 0.15) is 12.1 Å². The fourth-order valence-electron chi connectivity index (χ4n) is 1.25. The molecule has 0 aliphatic carbocycles. The Balaban J connectivity index is 2.63. The van der Waals surface area contributed by atoms with E-state index in [9.17, 15) is 4.79 Å². The maximum atomic E-state index is 10.5. The number of imidazole rings is 1. The van der Waals surface area contributed by atoms with Gasteiger partial charge in [0.05, 0.1) is 6.33 Å². The van der Waals surface area contributed by atoms with E-state index >= 15 is 0 Å². The van der Waals surface area contributed by atoms with E-state index in [1.165, 1.54) is 10.9 Å². The summed E-state index contributed by atoms with van der Waals surface area (Å²) in [4.78, 5) is 22.0. The van der Waals surface area contributed by atoms with Crippen LogP contribution in [0, 0.1) is 0 Å². The monoisotopic (exact) mass is 208 g/mol. The van der Waals surface area contributed by atoms with Crippen LogP contribution in [0.5, 0.6) is 0 Å². The summed E-state index contributed by atoms with van der Waals surface area (Å²) >= 11 is 0. The number of anilines is 2. The zero-order valence-electron chi connectivity index (χ0n) is 7.58. The number of nitrogens with two attached hydrogens (primary N) is 2. The van der Waals surface area contributed by atoms with Crippen molar-refractivity contribution >= 4 is 28.9 Å². The third-order valence-corrected chi connectivity index (χ3v) is 1.81. The van der Waals surface area contributed by atoms with Gasteiger partial charge in [-0.2, -0.15) is 9.97 Å². The third kappa shape index (κ3) is 1.52. The predicted octanol–water partition coefficient (Wildman–Crippen LogP) is -0.925. The Hall–Kier alpha value is -2.38. The Bertz CT molecular complexity index is 534. The van der Waals surface area contributed by atoms with Gasteiger partial charge in [0.15, 0.2) is 11.5 Å². The highest BCUT2D eigenvalue weighted by atomic mass is 16.4. The summed E-state index contributed by atoms with van der Waals surface area (Å²) in [6, 6.07) is 0. The Morgan fingerprint density at radius 3 is 2.87 bits per heavy atom. The number of carbonyl (C=O) groups is 1. The highest BCUT2D eigenvalue weighted by molar-refractivity contribution is 5.83. The number of carboxylic acids is 1. The van der Waals surface area contributed by atoms with Gasteiger partial charge in [-0.25, -0.2) is 4.98 Å². The summed E-state index contributed by atoms with van der Waals surface area (Å²) in [6.07, 6.45) is 1.34. The van der Waals surface area contributed by atoms with E-state index in [0.717, 1.165) is 0 Å². The van der Waals surface area contributed by atoms with E-state index in [4.69, 9.17) is 16.6 Å². The summed E-state index contributed by atoms with van der Waals surface area (Å²) in [5, 5.41) is 8.63. The molecular weight excluding hydrogens is 200 g/mol. The molecule has 0 radical (unpaired) electrons. The summed E-state index contributed by atoms with van der Waals surface area (Å²) < 4.78 is 1.34.